The molecule has 0 radical (unpaired) electrons. The van der Waals surface area contributed by atoms with Gasteiger partial charge in [0.05, 0.1) is 24.4 Å². The van der Waals surface area contributed by atoms with Crippen LogP contribution in [0.2, 0.25) is 0 Å². The molecule has 2 aliphatic rings. The topological polar surface area (TPSA) is 93.5 Å². The molecular formula is C18H25ClN4O4. The largest absolute Gasteiger partial charge is 0.448 e. The number of aromatic nitrogens is 2. The maximum atomic E-state index is 12.9. The summed E-state index contributed by atoms with van der Waals surface area (Å²) in [4.78, 5) is 38.6. The van der Waals surface area contributed by atoms with Gasteiger partial charge in [0, 0.05) is 11.0 Å². The molecule has 0 spiro atoms. The molecule has 0 saturated heterocycles. The molecule has 0 unspecified atom stereocenters. The van der Waals surface area contributed by atoms with Crippen LogP contribution >= 0.6 is 11.6 Å². The number of nitrogens with one attached hydrogen (secondary N) is 1. The number of ether oxygens (including phenoxy) is 1. The average Bonchev–Trinajstić information content (AvgIpc) is 3.03. The number of nitrogens with zero attached hydrogens (tertiary/aromatic N) is 3. The van der Waals surface area contributed by atoms with E-state index in [9.17, 15) is 14.4 Å². The summed E-state index contributed by atoms with van der Waals surface area (Å²) in [5, 5.41) is 6.67. The zero-order valence-electron chi connectivity index (χ0n) is 16.1. The number of hydrogen-bond donors (Lipinski definition) is 1. The lowest BCUT2D eigenvalue weighted by molar-refractivity contribution is -0.130. The molecule has 1 aromatic heterocycles. The highest BCUT2D eigenvalue weighted by molar-refractivity contribution is 6.62. The Balaban J connectivity index is 2.03. The highest BCUT2D eigenvalue weighted by Crippen LogP contribution is 2.46. The Labute approximate surface area is 163 Å². The quantitative estimate of drug-likeness (QED) is 0.616. The molecule has 1 saturated carbocycles. The molecule has 9 heteroatoms. The summed E-state index contributed by atoms with van der Waals surface area (Å²) in [6.45, 7) is 7.64. The van der Waals surface area contributed by atoms with E-state index in [-0.39, 0.29) is 24.9 Å². The fourth-order valence-corrected chi connectivity index (χ4v) is 4.16. The second-order valence-corrected chi connectivity index (χ2v) is 7.95. The van der Waals surface area contributed by atoms with E-state index in [4.69, 9.17) is 16.3 Å². The van der Waals surface area contributed by atoms with Gasteiger partial charge in [0.15, 0.2) is 0 Å². The Kier molecular flexibility index (Phi) is 4.96. The van der Waals surface area contributed by atoms with Gasteiger partial charge in [-0.25, -0.2) is 4.79 Å². The van der Waals surface area contributed by atoms with Crippen LogP contribution < -0.4 is 5.32 Å². The minimum Gasteiger partial charge on any atom is -0.448 e. The van der Waals surface area contributed by atoms with Crippen molar-refractivity contribution in [3.05, 3.63) is 11.3 Å². The van der Waals surface area contributed by atoms with Crippen molar-refractivity contribution >= 4 is 34.8 Å². The number of rotatable bonds is 4. The van der Waals surface area contributed by atoms with Gasteiger partial charge in [0.1, 0.15) is 5.82 Å². The third-order valence-electron chi connectivity index (χ3n) is 5.91. The number of hydrogen-bond acceptors (Lipinski definition) is 5. The highest BCUT2D eigenvalue weighted by atomic mass is 35.5. The van der Waals surface area contributed by atoms with Crippen LogP contribution in [-0.2, 0) is 21.6 Å². The molecular weight excluding hydrogens is 372 g/mol. The van der Waals surface area contributed by atoms with Gasteiger partial charge in [0.2, 0.25) is 5.91 Å². The first-order valence-corrected chi connectivity index (χ1v) is 9.63. The van der Waals surface area contributed by atoms with Crippen LogP contribution in [-0.4, -0.2) is 38.7 Å². The lowest BCUT2D eigenvalue weighted by atomic mass is 9.66. The molecule has 1 fully saturated rings. The molecule has 148 valence electrons. The van der Waals surface area contributed by atoms with Crippen molar-refractivity contribution in [1.82, 2.24) is 14.7 Å². The van der Waals surface area contributed by atoms with Crippen molar-refractivity contribution in [3.63, 3.8) is 0 Å². The van der Waals surface area contributed by atoms with Crippen LogP contribution in [0.5, 0.6) is 0 Å². The molecule has 2 amide bonds. The van der Waals surface area contributed by atoms with Crippen molar-refractivity contribution in [1.29, 1.82) is 0 Å². The van der Waals surface area contributed by atoms with E-state index in [1.807, 2.05) is 6.92 Å². The summed E-state index contributed by atoms with van der Waals surface area (Å²) in [6, 6.07) is 0. The molecule has 1 aliphatic carbocycles. The Hall–Kier alpha value is -2.09. The summed E-state index contributed by atoms with van der Waals surface area (Å²) in [7, 11) is 0. The minimum absolute atomic E-state index is 0.127. The zero-order chi connectivity index (χ0) is 20.0. The Morgan fingerprint density at radius 3 is 2.41 bits per heavy atom. The number of anilines is 1. The standard InChI is InChI=1S/C18H25ClN4O4/c1-5-18(8-7-9-18)14(24)20-13-11-10-22(15(19)25)17(3,4)12(11)21-23(13)16(26)27-6-2/h5-10H2,1-4H3,(H,20,24). The first-order valence-electron chi connectivity index (χ1n) is 9.26. The van der Waals surface area contributed by atoms with Gasteiger partial charge in [-0.3, -0.25) is 9.59 Å². The van der Waals surface area contributed by atoms with Crippen molar-refractivity contribution < 1.29 is 19.1 Å². The van der Waals surface area contributed by atoms with Gasteiger partial charge in [-0.15, -0.1) is 4.68 Å². The van der Waals surface area contributed by atoms with Crippen molar-refractivity contribution in [2.24, 2.45) is 5.41 Å². The molecule has 8 nitrogen and oxygen atoms in total. The van der Waals surface area contributed by atoms with E-state index in [0.717, 1.165) is 30.4 Å². The van der Waals surface area contributed by atoms with E-state index >= 15 is 0 Å². The van der Waals surface area contributed by atoms with E-state index in [0.29, 0.717) is 11.3 Å². The predicted molar refractivity (Wildman–Crippen MR) is 99.7 cm³/mol. The highest BCUT2D eigenvalue weighted by Gasteiger charge is 2.47. The molecule has 0 atom stereocenters. The van der Waals surface area contributed by atoms with Gasteiger partial charge < -0.3 is 15.0 Å². The van der Waals surface area contributed by atoms with Gasteiger partial charge >= 0.3 is 11.5 Å². The molecule has 0 aromatic carbocycles. The Bertz CT molecular complexity index is 792. The molecule has 1 aliphatic heterocycles. The minimum atomic E-state index is -0.801. The summed E-state index contributed by atoms with van der Waals surface area (Å²) in [5.74, 6) is 0.139. The van der Waals surface area contributed by atoms with E-state index in [1.165, 1.54) is 4.90 Å². The van der Waals surface area contributed by atoms with Crippen molar-refractivity contribution in [3.8, 4) is 0 Å². The number of halogens is 1. The fourth-order valence-electron chi connectivity index (χ4n) is 3.89. The van der Waals surface area contributed by atoms with Gasteiger partial charge in [-0.2, -0.15) is 5.10 Å². The number of carbonyl (C=O) groups is 3. The fraction of sp³-hybridized carbons (Fsp3) is 0.667. The Morgan fingerprint density at radius 1 is 1.26 bits per heavy atom. The van der Waals surface area contributed by atoms with Crippen LogP contribution in [0.1, 0.15) is 64.6 Å². The SMILES string of the molecule is CCOC(=O)n1nc2c(c1NC(=O)C1(CC)CCC1)CN(C(=O)Cl)C2(C)C. The average molecular weight is 397 g/mol. The summed E-state index contributed by atoms with van der Waals surface area (Å²) >= 11 is 5.73. The maximum absolute atomic E-state index is 12.9. The smallest absolute Gasteiger partial charge is 0.436 e. The lowest BCUT2D eigenvalue weighted by Crippen LogP contribution is -2.42. The van der Waals surface area contributed by atoms with Crippen LogP contribution in [0, 0.1) is 5.41 Å². The second-order valence-electron chi connectivity index (χ2n) is 7.63. The van der Waals surface area contributed by atoms with E-state index in [1.54, 1.807) is 20.8 Å². The van der Waals surface area contributed by atoms with Crippen LogP contribution in [0.15, 0.2) is 0 Å². The van der Waals surface area contributed by atoms with Gasteiger partial charge in [0.25, 0.3) is 0 Å². The summed E-state index contributed by atoms with van der Waals surface area (Å²) < 4.78 is 6.17. The normalized spacial score (nSPS) is 19.2. The van der Waals surface area contributed by atoms with E-state index < -0.39 is 22.4 Å². The third kappa shape index (κ3) is 2.99. The van der Waals surface area contributed by atoms with Gasteiger partial charge in [-0.05, 0) is 51.6 Å². The van der Waals surface area contributed by atoms with Gasteiger partial charge in [-0.1, -0.05) is 13.3 Å². The monoisotopic (exact) mass is 396 g/mol. The third-order valence-corrected chi connectivity index (χ3v) is 6.11. The molecule has 27 heavy (non-hydrogen) atoms. The Morgan fingerprint density at radius 2 is 1.93 bits per heavy atom. The number of fused-ring (bicyclic) bond motifs is 1. The molecule has 0 bridgehead atoms. The van der Waals surface area contributed by atoms with Crippen molar-refractivity contribution in [2.45, 2.75) is 65.5 Å². The molecule has 3 rings (SSSR count). The summed E-state index contributed by atoms with van der Waals surface area (Å²) in [5.41, 5.74) is -0.0724. The lowest BCUT2D eigenvalue weighted by Gasteiger charge is -2.39. The molecule has 1 aromatic rings. The van der Waals surface area contributed by atoms with Crippen LogP contribution in [0.4, 0.5) is 15.4 Å². The second kappa shape index (κ2) is 6.82. The number of carbonyl (C=O) groups excluding carboxylic acids is 3. The zero-order valence-corrected chi connectivity index (χ0v) is 16.9. The predicted octanol–water partition coefficient (Wildman–Crippen LogP) is 3.82. The van der Waals surface area contributed by atoms with Crippen LogP contribution in [0.25, 0.3) is 0 Å². The van der Waals surface area contributed by atoms with Crippen LogP contribution in [0.3, 0.4) is 0 Å². The molecule has 2 heterocycles. The van der Waals surface area contributed by atoms with Crippen molar-refractivity contribution in [2.75, 3.05) is 11.9 Å². The molecule has 1 N–H and O–H groups in total. The first kappa shape index (κ1) is 19.7. The maximum Gasteiger partial charge on any atom is 0.436 e. The van der Waals surface area contributed by atoms with E-state index in [2.05, 4.69) is 10.4 Å². The summed E-state index contributed by atoms with van der Waals surface area (Å²) in [6.07, 6.45) is 2.72. The first-order chi connectivity index (χ1) is 12.7. The number of amides is 2.